The molecule has 1 aromatic carbocycles. The second-order valence-corrected chi connectivity index (χ2v) is 9.65. The molecule has 0 saturated carbocycles. The molecular formula is C15H19N5O3S3. The first kappa shape index (κ1) is 20.4. The first-order chi connectivity index (χ1) is 12.3. The number of anilines is 2. The number of nitrogens with zero attached hydrogens (tertiary/aromatic N) is 4. The summed E-state index contributed by atoms with van der Waals surface area (Å²) in [5.74, 6) is 0.374. The minimum Gasteiger partial charge on any atom is -0.296 e. The maximum atomic E-state index is 12.3. The third-order valence-corrected chi connectivity index (χ3v) is 7.05. The van der Waals surface area contributed by atoms with Gasteiger partial charge in [-0.15, -0.1) is 16.8 Å². The summed E-state index contributed by atoms with van der Waals surface area (Å²) in [5, 5.41) is 11.0. The summed E-state index contributed by atoms with van der Waals surface area (Å²) in [6.45, 7) is 3.64. The smallest absolute Gasteiger partial charge is 0.296 e. The first-order valence-corrected chi connectivity index (χ1v) is 10.6. The molecule has 1 N–H and O–H groups in total. The van der Waals surface area contributed by atoms with Crippen LogP contribution in [0.4, 0.5) is 10.8 Å². The Morgan fingerprint density at radius 2 is 1.92 bits per heavy atom. The van der Waals surface area contributed by atoms with Gasteiger partial charge in [-0.25, -0.2) is 0 Å². The monoisotopic (exact) mass is 413 g/mol. The SMILES string of the molecule is C=CCSc1nnc(NC(=O)c2ccc(N(C)S(=O)(=O)N(C)C)cc2)s1. The maximum Gasteiger partial charge on any atom is 0.303 e. The van der Waals surface area contributed by atoms with Gasteiger partial charge in [0, 0.05) is 32.5 Å². The minimum atomic E-state index is -3.58. The Morgan fingerprint density at radius 3 is 2.50 bits per heavy atom. The fourth-order valence-corrected chi connectivity index (χ4v) is 4.21. The number of thioether (sulfide) groups is 1. The average Bonchev–Trinajstić information content (AvgIpc) is 3.06. The van der Waals surface area contributed by atoms with Crippen molar-refractivity contribution in [2.75, 3.05) is 36.5 Å². The highest BCUT2D eigenvalue weighted by Crippen LogP contribution is 2.26. The Balaban J connectivity index is 2.07. The standard InChI is InChI=1S/C15H19N5O3S3/c1-5-10-24-15-18-17-14(25-15)16-13(21)11-6-8-12(9-7-11)20(4)26(22,23)19(2)3/h5-9H,1,10H2,2-4H3,(H,16,17,21). The van der Waals surface area contributed by atoms with Crippen LogP contribution in [0.5, 0.6) is 0 Å². The van der Waals surface area contributed by atoms with Crippen molar-refractivity contribution >= 4 is 50.0 Å². The molecule has 2 aromatic rings. The van der Waals surface area contributed by atoms with E-state index in [4.69, 9.17) is 0 Å². The molecule has 0 saturated heterocycles. The van der Waals surface area contributed by atoms with Crippen LogP contribution in [0.2, 0.25) is 0 Å². The molecule has 0 bridgehead atoms. The molecule has 0 radical (unpaired) electrons. The van der Waals surface area contributed by atoms with E-state index in [0.29, 0.717) is 22.1 Å². The lowest BCUT2D eigenvalue weighted by Gasteiger charge is -2.23. The molecule has 8 nitrogen and oxygen atoms in total. The van der Waals surface area contributed by atoms with E-state index < -0.39 is 10.2 Å². The lowest BCUT2D eigenvalue weighted by atomic mass is 10.2. The van der Waals surface area contributed by atoms with Crippen LogP contribution in [0, 0.1) is 0 Å². The largest absolute Gasteiger partial charge is 0.303 e. The Kier molecular flexibility index (Phi) is 6.75. The van der Waals surface area contributed by atoms with E-state index in [1.54, 1.807) is 30.3 Å². The van der Waals surface area contributed by atoms with Crippen molar-refractivity contribution in [2.24, 2.45) is 0 Å². The Bertz CT molecular complexity index is 878. The number of hydrogen-bond donors (Lipinski definition) is 1. The van der Waals surface area contributed by atoms with E-state index >= 15 is 0 Å². The van der Waals surface area contributed by atoms with Crippen LogP contribution in [0.1, 0.15) is 10.4 Å². The van der Waals surface area contributed by atoms with Gasteiger partial charge in [0.15, 0.2) is 4.34 Å². The van der Waals surface area contributed by atoms with Gasteiger partial charge in [0.25, 0.3) is 5.91 Å². The number of rotatable bonds is 8. The number of hydrogen-bond acceptors (Lipinski definition) is 7. The van der Waals surface area contributed by atoms with Crippen LogP contribution in [-0.4, -0.2) is 55.7 Å². The molecular weight excluding hydrogens is 394 g/mol. The predicted molar refractivity (Wildman–Crippen MR) is 106 cm³/mol. The summed E-state index contributed by atoms with van der Waals surface area (Å²) in [5.41, 5.74) is 0.842. The topological polar surface area (TPSA) is 95.5 Å². The van der Waals surface area contributed by atoms with Crippen LogP contribution >= 0.6 is 23.1 Å². The normalized spacial score (nSPS) is 11.4. The molecule has 0 fully saturated rings. The molecule has 0 aliphatic heterocycles. The van der Waals surface area contributed by atoms with Crippen molar-refractivity contribution in [1.82, 2.24) is 14.5 Å². The lowest BCUT2D eigenvalue weighted by Crippen LogP contribution is -2.37. The van der Waals surface area contributed by atoms with Gasteiger partial charge in [-0.1, -0.05) is 29.2 Å². The summed E-state index contributed by atoms with van der Waals surface area (Å²) < 4.78 is 27.2. The Hall–Kier alpha value is -1.95. The fourth-order valence-electron chi connectivity index (χ4n) is 1.82. The van der Waals surface area contributed by atoms with Gasteiger partial charge in [-0.2, -0.15) is 12.7 Å². The van der Waals surface area contributed by atoms with Crippen molar-refractivity contribution in [1.29, 1.82) is 0 Å². The highest BCUT2D eigenvalue weighted by Gasteiger charge is 2.21. The minimum absolute atomic E-state index is 0.342. The van der Waals surface area contributed by atoms with Gasteiger partial charge in [-0.3, -0.25) is 14.4 Å². The molecule has 1 aromatic heterocycles. The van der Waals surface area contributed by atoms with E-state index in [2.05, 4.69) is 22.1 Å². The molecule has 0 atom stereocenters. The zero-order valence-corrected chi connectivity index (χ0v) is 17.0. The predicted octanol–water partition coefficient (Wildman–Crippen LogP) is 2.31. The summed E-state index contributed by atoms with van der Waals surface area (Å²) >= 11 is 2.76. The third kappa shape index (κ3) is 4.81. The van der Waals surface area contributed by atoms with Crippen molar-refractivity contribution in [2.45, 2.75) is 4.34 Å². The van der Waals surface area contributed by atoms with Crippen molar-refractivity contribution in [3.05, 3.63) is 42.5 Å². The molecule has 11 heteroatoms. The summed E-state index contributed by atoms with van der Waals surface area (Å²) in [7, 11) is 0.787. The van der Waals surface area contributed by atoms with Crippen LogP contribution in [0.25, 0.3) is 0 Å². The van der Waals surface area contributed by atoms with E-state index in [1.807, 2.05) is 0 Å². The first-order valence-electron chi connectivity index (χ1n) is 7.40. The molecule has 0 aliphatic rings. The summed E-state index contributed by atoms with van der Waals surface area (Å²) in [6.07, 6.45) is 1.76. The van der Waals surface area contributed by atoms with Crippen LogP contribution in [-0.2, 0) is 10.2 Å². The highest BCUT2D eigenvalue weighted by atomic mass is 32.2. The maximum absolute atomic E-state index is 12.3. The Morgan fingerprint density at radius 1 is 1.27 bits per heavy atom. The van der Waals surface area contributed by atoms with Crippen LogP contribution < -0.4 is 9.62 Å². The molecule has 1 amide bonds. The van der Waals surface area contributed by atoms with Crippen molar-refractivity contribution in [3.63, 3.8) is 0 Å². The average molecular weight is 414 g/mol. The van der Waals surface area contributed by atoms with E-state index in [9.17, 15) is 13.2 Å². The van der Waals surface area contributed by atoms with Gasteiger partial charge >= 0.3 is 10.2 Å². The summed E-state index contributed by atoms with van der Waals surface area (Å²) in [6, 6.07) is 6.25. The molecule has 140 valence electrons. The molecule has 0 unspecified atom stereocenters. The quantitative estimate of drug-likeness (QED) is 0.405. The number of amides is 1. The number of carbonyl (C=O) groups excluding carboxylic acids is 1. The number of aromatic nitrogens is 2. The van der Waals surface area contributed by atoms with Gasteiger partial charge in [-0.05, 0) is 24.3 Å². The molecule has 0 spiro atoms. The third-order valence-electron chi connectivity index (χ3n) is 3.25. The second-order valence-electron chi connectivity index (χ2n) is 5.23. The lowest BCUT2D eigenvalue weighted by molar-refractivity contribution is 0.102. The molecule has 26 heavy (non-hydrogen) atoms. The van der Waals surface area contributed by atoms with Gasteiger partial charge in [0.2, 0.25) is 5.13 Å². The van der Waals surface area contributed by atoms with E-state index in [-0.39, 0.29) is 5.91 Å². The van der Waals surface area contributed by atoms with Gasteiger partial charge < -0.3 is 0 Å². The van der Waals surface area contributed by atoms with E-state index in [0.717, 1.165) is 13.0 Å². The Labute approximate surface area is 161 Å². The number of benzene rings is 1. The second kappa shape index (κ2) is 8.62. The highest BCUT2D eigenvalue weighted by molar-refractivity contribution is 8.01. The van der Waals surface area contributed by atoms with Crippen LogP contribution in [0.3, 0.4) is 0 Å². The molecule has 1 heterocycles. The summed E-state index contributed by atoms with van der Waals surface area (Å²) in [4.78, 5) is 12.3. The molecule has 0 aliphatic carbocycles. The van der Waals surface area contributed by atoms with E-state index in [1.165, 1.54) is 44.2 Å². The van der Waals surface area contributed by atoms with Gasteiger partial charge in [0.05, 0.1) is 5.69 Å². The zero-order chi connectivity index (χ0) is 19.3. The molecule has 2 rings (SSSR count). The van der Waals surface area contributed by atoms with Gasteiger partial charge in [0.1, 0.15) is 0 Å². The van der Waals surface area contributed by atoms with Crippen LogP contribution in [0.15, 0.2) is 41.3 Å². The fraction of sp³-hybridized carbons (Fsp3) is 0.267. The van der Waals surface area contributed by atoms with Crippen molar-refractivity contribution < 1.29 is 13.2 Å². The number of nitrogens with one attached hydrogen (secondary N) is 1. The zero-order valence-electron chi connectivity index (χ0n) is 14.5. The van der Waals surface area contributed by atoms with Crippen molar-refractivity contribution in [3.8, 4) is 0 Å². The number of carbonyl (C=O) groups is 1.